The summed E-state index contributed by atoms with van der Waals surface area (Å²) in [6.45, 7) is 2.86. The van der Waals surface area contributed by atoms with Gasteiger partial charge in [-0.2, -0.15) is 0 Å². The molecule has 1 aromatic carbocycles. The molecule has 0 radical (unpaired) electrons. The molecule has 1 saturated carbocycles. The first-order valence-electron chi connectivity index (χ1n) is 12.7. The molecule has 2 heterocycles. The molecule has 2 atom stereocenters. The average Bonchev–Trinajstić information content (AvgIpc) is 3.43. The summed E-state index contributed by atoms with van der Waals surface area (Å²) in [4.78, 5) is 14.6. The number of aromatic nitrogens is 2. The number of thiophene rings is 1. The van der Waals surface area contributed by atoms with E-state index in [9.17, 15) is 5.11 Å². The standard InChI is InChI=1S/C27H36N4O2S/c1-3-21(32)14-18-6-13-23-24(18)25-26(29-16-30-27(25)34-23)31(20-9-7-19(28)8-10-20)15-17-4-11-22(33-2)12-5-17/h4-5,11-12,16,18-21,32H,3,6-10,13-15,28H2,1-2H3/t18-,19-,20-,21?/m1/s1. The molecular formula is C27H36N4O2S. The monoisotopic (exact) mass is 480 g/mol. The highest BCUT2D eigenvalue weighted by Gasteiger charge is 2.33. The Labute approximate surface area is 206 Å². The second-order valence-corrected chi connectivity index (χ2v) is 11.0. The minimum absolute atomic E-state index is 0.255. The Bertz CT molecular complexity index is 1110. The van der Waals surface area contributed by atoms with E-state index in [2.05, 4.69) is 28.9 Å². The number of ether oxygens (including phenoxy) is 1. The molecular weight excluding hydrogens is 444 g/mol. The van der Waals surface area contributed by atoms with Gasteiger partial charge in [-0.15, -0.1) is 11.3 Å². The van der Waals surface area contributed by atoms with E-state index in [0.717, 1.165) is 74.3 Å². The highest BCUT2D eigenvalue weighted by molar-refractivity contribution is 7.19. The van der Waals surface area contributed by atoms with Gasteiger partial charge in [-0.25, -0.2) is 9.97 Å². The molecule has 3 aromatic rings. The number of methoxy groups -OCH3 is 1. The predicted octanol–water partition coefficient (Wildman–Crippen LogP) is 5.17. The Morgan fingerprint density at radius 3 is 2.62 bits per heavy atom. The van der Waals surface area contributed by atoms with Crippen LogP contribution in [-0.4, -0.2) is 40.4 Å². The fraction of sp³-hybridized carbons (Fsp3) is 0.556. The maximum Gasteiger partial charge on any atom is 0.141 e. The summed E-state index contributed by atoms with van der Waals surface area (Å²) in [5.41, 5.74) is 8.91. The van der Waals surface area contributed by atoms with Crippen LogP contribution < -0.4 is 15.4 Å². The van der Waals surface area contributed by atoms with Crippen molar-refractivity contribution in [3.63, 3.8) is 0 Å². The molecule has 0 bridgehead atoms. The number of anilines is 1. The highest BCUT2D eigenvalue weighted by atomic mass is 32.1. The number of nitrogens with two attached hydrogens (primary N) is 1. The van der Waals surface area contributed by atoms with Crippen molar-refractivity contribution in [1.29, 1.82) is 0 Å². The third-order valence-corrected chi connectivity index (χ3v) is 8.88. The van der Waals surface area contributed by atoms with Crippen LogP contribution in [0.2, 0.25) is 0 Å². The van der Waals surface area contributed by atoms with Crippen LogP contribution in [0.25, 0.3) is 10.2 Å². The summed E-state index contributed by atoms with van der Waals surface area (Å²) in [6, 6.07) is 9.06. The zero-order chi connectivity index (χ0) is 23.7. The van der Waals surface area contributed by atoms with E-state index in [1.165, 1.54) is 21.4 Å². The second-order valence-electron chi connectivity index (χ2n) is 9.89. The van der Waals surface area contributed by atoms with Crippen LogP contribution in [0.5, 0.6) is 5.75 Å². The predicted molar refractivity (Wildman–Crippen MR) is 139 cm³/mol. The van der Waals surface area contributed by atoms with Gasteiger partial charge in [0, 0.05) is 23.5 Å². The first-order valence-corrected chi connectivity index (χ1v) is 13.5. The molecule has 1 fully saturated rings. The molecule has 5 rings (SSSR count). The van der Waals surface area contributed by atoms with Gasteiger partial charge in [0.15, 0.2) is 0 Å². The van der Waals surface area contributed by atoms with Crippen molar-refractivity contribution in [2.75, 3.05) is 12.0 Å². The number of nitrogens with zero attached hydrogens (tertiary/aromatic N) is 3. The first kappa shape index (κ1) is 23.5. The Morgan fingerprint density at radius 1 is 1.15 bits per heavy atom. The van der Waals surface area contributed by atoms with E-state index >= 15 is 0 Å². The van der Waals surface area contributed by atoms with Gasteiger partial charge in [-0.1, -0.05) is 19.1 Å². The largest absolute Gasteiger partial charge is 0.497 e. The van der Waals surface area contributed by atoms with Crippen LogP contribution in [0.4, 0.5) is 5.82 Å². The average molecular weight is 481 g/mol. The maximum atomic E-state index is 10.4. The van der Waals surface area contributed by atoms with E-state index in [1.807, 2.05) is 23.5 Å². The van der Waals surface area contributed by atoms with Crippen molar-refractivity contribution >= 4 is 27.4 Å². The van der Waals surface area contributed by atoms with Crippen molar-refractivity contribution < 1.29 is 9.84 Å². The number of benzene rings is 1. The summed E-state index contributed by atoms with van der Waals surface area (Å²) in [7, 11) is 1.70. The smallest absolute Gasteiger partial charge is 0.141 e. The zero-order valence-electron chi connectivity index (χ0n) is 20.2. The molecule has 0 spiro atoms. The lowest BCUT2D eigenvalue weighted by Crippen LogP contribution is -2.41. The molecule has 1 unspecified atom stereocenters. The van der Waals surface area contributed by atoms with Gasteiger partial charge in [0.1, 0.15) is 22.7 Å². The van der Waals surface area contributed by atoms with Crippen LogP contribution in [0.1, 0.15) is 73.8 Å². The van der Waals surface area contributed by atoms with Crippen LogP contribution >= 0.6 is 11.3 Å². The Balaban J connectivity index is 1.56. The zero-order valence-corrected chi connectivity index (χ0v) is 21.1. The van der Waals surface area contributed by atoms with E-state index in [-0.39, 0.29) is 6.10 Å². The van der Waals surface area contributed by atoms with Crippen LogP contribution in [-0.2, 0) is 13.0 Å². The third-order valence-electron chi connectivity index (χ3n) is 7.70. The molecule has 2 aliphatic carbocycles. The topological polar surface area (TPSA) is 84.5 Å². The summed E-state index contributed by atoms with van der Waals surface area (Å²) < 4.78 is 5.37. The number of aliphatic hydroxyl groups is 1. The maximum absolute atomic E-state index is 10.4. The van der Waals surface area contributed by atoms with Crippen molar-refractivity contribution in [3.05, 3.63) is 46.6 Å². The molecule has 2 aliphatic rings. The second kappa shape index (κ2) is 10.2. The van der Waals surface area contributed by atoms with Gasteiger partial charge in [0.2, 0.25) is 0 Å². The van der Waals surface area contributed by atoms with Crippen molar-refractivity contribution in [2.24, 2.45) is 5.73 Å². The SMILES string of the molecule is CCC(O)C[C@H]1CCc2sc3ncnc(N(Cc4ccc(OC)cc4)[C@H]4CC[C@H](N)CC4)c3c21. The van der Waals surface area contributed by atoms with Crippen molar-refractivity contribution in [2.45, 2.75) is 88.9 Å². The summed E-state index contributed by atoms with van der Waals surface area (Å²) in [5.74, 6) is 2.30. The van der Waals surface area contributed by atoms with Crippen LogP contribution in [0.15, 0.2) is 30.6 Å². The van der Waals surface area contributed by atoms with Crippen LogP contribution in [0, 0.1) is 0 Å². The summed E-state index contributed by atoms with van der Waals surface area (Å²) in [5, 5.41) is 11.7. The minimum Gasteiger partial charge on any atom is -0.497 e. The quantitative estimate of drug-likeness (QED) is 0.463. The molecule has 0 saturated heterocycles. The van der Waals surface area contributed by atoms with Gasteiger partial charge in [0.05, 0.1) is 18.6 Å². The third kappa shape index (κ3) is 4.66. The molecule has 34 heavy (non-hydrogen) atoms. The lowest BCUT2D eigenvalue weighted by atomic mass is 9.89. The van der Waals surface area contributed by atoms with Gasteiger partial charge in [-0.3, -0.25) is 0 Å². The normalized spacial score (nSPS) is 23.1. The lowest BCUT2D eigenvalue weighted by Gasteiger charge is -2.37. The van der Waals surface area contributed by atoms with E-state index in [4.69, 9.17) is 15.5 Å². The number of fused-ring (bicyclic) bond motifs is 3. The minimum atomic E-state index is -0.255. The van der Waals surface area contributed by atoms with Crippen molar-refractivity contribution in [1.82, 2.24) is 9.97 Å². The van der Waals surface area contributed by atoms with Crippen molar-refractivity contribution in [3.8, 4) is 5.75 Å². The summed E-state index contributed by atoms with van der Waals surface area (Å²) >= 11 is 1.82. The Kier molecular flexibility index (Phi) is 7.04. The molecule has 2 aromatic heterocycles. The fourth-order valence-electron chi connectivity index (χ4n) is 5.72. The van der Waals surface area contributed by atoms with E-state index < -0.39 is 0 Å². The molecule has 7 heteroatoms. The number of aryl methyl sites for hydroxylation is 1. The number of hydrogen-bond donors (Lipinski definition) is 2. The molecule has 0 amide bonds. The fourth-order valence-corrected chi connectivity index (χ4v) is 6.95. The van der Waals surface area contributed by atoms with E-state index in [1.54, 1.807) is 13.4 Å². The van der Waals surface area contributed by atoms with Gasteiger partial charge in [0.25, 0.3) is 0 Å². The number of aliphatic hydroxyl groups excluding tert-OH is 1. The first-order chi connectivity index (χ1) is 16.6. The lowest BCUT2D eigenvalue weighted by molar-refractivity contribution is 0.151. The molecule has 182 valence electrons. The number of hydrogen-bond acceptors (Lipinski definition) is 7. The number of rotatable bonds is 8. The van der Waals surface area contributed by atoms with Gasteiger partial charge in [-0.05, 0) is 80.5 Å². The molecule has 3 N–H and O–H groups in total. The van der Waals surface area contributed by atoms with E-state index in [0.29, 0.717) is 18.0 Å². The van der Waals surface area contributed by atoms with Crippen LogP contribution in [0.3, 0.4) is 0 Å². The molecule has 6 nitrogen and oxygen atoms in total. The highest BCUT2D eigenvalue weighted by Crippen LogP contribution is 2.48. The van der Waals surface area contributed by atoms with Gasteiger partial charge >= 0.3 is 0 Å². The molecule has 0 aliphatic heterocycles. The van der Waals surface area contributed by atoms with Gasteiger partial charge < -0.3 is 20.5 Å². The Hall–Kier alpha value is -2.22. The summed E-state index contributed by atoms with van der Waals surface area (Å²) in [6.07, 6.45) is 9.52. The Morgan fingerprint density at radius 2 is 1.91 bits per heavy atom.